The molecule has 3 aliphatic rings. The maximum Gasteiger partial charge on any atom is 0.342 e. The summed E-state index contributed by atoms with van der Waals surface area (Å²) < 4.78 is 21.8. The Labute approximate surface area is 569 Å². The lowest BCUT2D eigenvalue weighted by Crippen LogP contribution is -2.55. The van der Waals surface area contributed by atoms with Crippen LogP contribution in [-0.4, -0.2) is 108 Å². The van der Waals surface area contributed by atoms with Gasteiger partial charge in [0.15, 0.2) is 0 Å². The molecule has 1 saturated carbocycles. The number of hydrogen-bond acceptors (Lipinski definition) is 13. The molecule has 7 amide bonds. The van der Waals surface area contributed by atoms with Gasteiger partial charge in [0, 0.05) is 69.0 Å². The molecule has 4 aromatic carbocycles. The zero-order chi connectivity index (χ0) is 69.9. The highest BCUT2D eigenvalue weighted by Crippen LogP contribution is 2.40. The van der Waals surface area contributed by atoms with Crippen molar-refractivity contribution in [3.63, 3.8) is 0 Å². The Bertz CT molecular complexity index is 3270. The number of urea groups is 3. The molecule has 19 nitrogen and oxygen atoms in total. The summed E-state index contributed by atoms with van der Waals surface area (Å²) >= 11 is 0. The molecule has 3 fully saturated rings. The van der Waals surface area contributed by atoms with E-state index in [1.807, 2.05) is 30.3 Å². The average molecular weight is 1320 g/mol. The van der Waals surface area contributed by atoms with Gasteiger partial charge in [0.1, 0.15) is 35.2 Å². The smallest absolute Gasteiger partial charge is 0.342 e. The van der Waals surface area contributed by atoms with Crippen molar-refractivity contribution in [2.24, 2.45) is 11.7 Å². The van der Waals surface area contributed by atoms with Gasteiger partial charge in [0.25, 0.3) is 0 Å². The quantitative estimate of drug-likeness (QED) is 0.0150. The van der Waals surface area contributed by atoms with E-state index in [2.05, 4.69) is 104 Å². The molecule has 2 aliphatic heterocycles. The molecule has 520 valence electrons. The van der Waals surface area contributed by atoms with E-state index in [1.165, 1.54) is 119 Å². The van der Waals surface area contributed by atoms with E-state index < -0.39 is 35.9 Å². The fourth-order valence-corrected chi connectivity index (χ4v) is 11.6. The molecule has 0 atom stereocenters. The first-order valence-electron chi connectivity index (χ1n) is 34.5. The van der Waals surface area contributed by atoms with Crippen LogP contribution in [0.1, 0.15) is 201 Å². The van der Waals surface area contributed by atoms with Gasteiger partial charge >= 0.3 is 42.0 Å². The number of imide groups is 1. The normalized spacial score (nSPS) is 15.2. The third kappa shape index (κ3) is 27.1. The third-order valence-electron chi connectivity index (χ3n) is 17.3. The minimum absolute atomic E-state index is 0.0338. The van der Waals surface area contributed by atoms with Crippen molar-refractivity contribution in [1.82, 2.24) is 30.7 Å². The predicted octanol–water partition coefficient (Wildman–Crippen LogP) is 14.9. The van der Waals surface area contributed by atoms with Crippen LogP contribution in [0.15, 0.2) is 128 Å². The van der Waals surface area contributed by atoms with Crippen molar-refractivity contribution in [2.75, 3.05) is 45.9 Å². The van der Waals surface area contributed by atoms with Crippen molar-refractivity contribution in [3.8, 4) is 28.4 Å². The minimum atomic E-state index is -0.604. The van der Waals surface area contributed by atoms with Gasteiger partial charge in [-0.25, -0.2) is 33.6 Å². The van der Waals surface area contributed by atoms with E-state index in [0.717, 1.165) is 85.3 Å². The van der Waals surface area contributed by atoms with Crippen LogP contribution in [-0.2, 0) is 49.7 Å². The van der Waals surface area contributed by atoms with E-state index in [-0.39, 0.29) is 54.3 Å². The number of piperazine rings is 1. The first-order chi connectivity index (χ1) is 46.1. The summed E-state index contributed by atoms with van der Waals surface area (Å²) in [5.74, 6) is 0.390. The third-order valence-corrected chi connectivity index (χ3v) is 17.3. The van der Waals surface area contributed by atoms with Crippen LogP contribution in [0, 0.1) is 5.92 Å². The highest BCUT2D eigenvalue weighted by Gasteiger charge is 2.28. The molecule has 19 heteroatoms. The van der Waals surface area contributed by atoms with Gasteiger partial charge in [0.05, 0.1) is 6.54 Å². The molecular weight excluding hydrogens is 1210 g/mol. The SMILES string of the molecule is C=C(C)C(=O)Oc1cc(C2CCC(CCCCC)CC2)ccc1CCN1C(=C)NC(=O)NC1=O.C=C(C)C(=O)Oc1cc(CCCCCCCCC)ccc1C(=O)OCCNC(C)=O.C=CC(=O)Oc1cc(-c2ccc(CCCCC)cc2)ccc1CN1CCN(C(N)=O)CC1. The molecule has 0 spiro atoms. The predicted molar refractivity (Wildman–Crippen MR) is 377 cm³/mol. The Morgan fingerprint density at radius 3 is 1.82 bits per heavy atom. The molecule has 2 heterocycles. The van der Waals surface area contributed by atoms with Gasteiger partial charge in [-0.1, -0.05) is 179 Å². The maximum absolute atomic E-state index is 12.4. The van der Waals surface area contributed by atoms with Crippen LogP contribution in [0.2, 0.25) is 0 Å². The van der Waals surface area contributed by atoms with Crippen LogP contribution >= 0.6 is 0 Å². The number of aryl methyl sites for hydroxylation is 2. The lowest BCUT2D eigenvalue weighted by Gasteiger charge is -2.34. The lowest BCUT2D eigenvalue weighted by molar-refractivity contribution is -0.131. The van der Waals surface area contributed by atoms with E-state index in [4.69, 9.17) is 24.7 Å². The van der Waals surface area contributed by atoms with Gasteiger partial charge in [0.2, 0.25) is 5.91 Å². The number of carbonyl (C=O) groups is 8. The van der Waals surface area contributed by atoms with E-state index >= 15 is 0 Å². The molecule has 0 unspecified atom stereocenters. The molecular formula is C77H105N7O12. The van der Waals surface area contributed by atoms with E-state index in [1.54, 1.807) is 30.9 Å². The number of hydrogen-bond donors (Lipinski definition) is 4. The van der Waals surface area contributed by atoms with Crippen molar-refractivity contribution in [1.29, 1.82) is 0 Å². The first kappa shape index (κ1) is 77.9. The van der Waals surface area contributed by atoms with Crippen LogP contribution < -0.4 is 35.9 Å². The number of unbranched alkanes of at least 4 members (excludes halogenated alkanes) is 10. The number of nitrogens with two attached hydrogens (primary N) is 1. The van der Waals surface area contributed by atoms with Crippen LogP contribution in [0.3, 0.4) is 0 Å². The van der Waals surface area contributed by atoms with Gasteiger partial charge in [-0.15, -0.1) is 0 Å². The maximum atomic E-state index is 12.4. The number of amides is 7. The Kier molecular flexibility index (Phi) is 34.0. The highest BCUT2D eigenvalue weighted by atomic mass is 16.6. The fourth-order valence-electron chi connectivity index (χ4n) is 11.6. The summed E-state index contributed by atoms with van der Waals surface area (Å²) in [4.78, 5) is 99.7. The van der Waals surface area contributed by atoms with E-state index in [0.29, 0.717) is 49.0 Å². The van der Waals surface area contributed by atoms with Gasteiger partial charge in [-0.3, -0.25) is 25.2 Å². The Balaban J connectivity index is 0.000000261. The van der Waals surface area contributed by atoms with Crippen LogP contribution in [0.4, 0.5) is 14.4 Å². The number of esters is 4. The van der Waals surface area contributed by atoms with E-state index in [9.17, 15) is 38.4 Å². The zero-order valence-electron chi connectivity index (χ0n) is 57.9. The Morgan fingerprint density at radius 1 is 0.625 bits per heavy atom. The molecule has 7 rings (SSSR count). The number of benzene rings is 4. The average Bonchev–Trinajstić information content (AvgIpc) is 0.856. The molecule has 96 heavy (non-hydrogen) atoms. The number of nitrogens with one attached hydrogen (secondary N) is 3. The molecule has 0 bridgehead atoms. The molecule has 4 aromatic rings. The molecule has 1 aliphatic carbocycles. The summed E-state index contributed by atoms with van der Waals surface area (Å²) in [5.41, 5.74) is 13.5. The molecule has 0 aromatic heterocycles. The number of nitrogens with zero attached hydrogens (tertiary/aromatic N) is 3. The topological polar surface area (TPSA) is 245 Å². The monoisotopic (exact) mass is 1320 g/mol. The van der Waals surface area contributed by atoms with Crippen LogP contribution in [0.25, 0.3) is 11.1 Å². The van der Waals surface area contributed by atoms with Crippen LogP contribution in [0.5, 0.6) is 17.2 Å². The lowest BCUT2D eigenvalue weighted by atomic mass is 9.77. The zero-order valence-corrected chi connectivity index (χ0v) is 57.9. The summed E-state index contributed by atoms with van der Waals surface area (Å²) in [6.07, 6.45) is 25.8. The van der Waals surface area contributed by atoms with Crippen molar-refractivity contribution < 1.29 is 57.3 Å². The minimum Gasteiger partial charge on any atom is -0.460 e. The number of ether oxygens (including phenoxy) is 4. The second-order valence-corrected chi connectivity index (χ2v) is 25.2. The van der Waals surface area contributed by atoms with Gasteiger partial charge < -0.3 is 34.9 Å². The molecule has 2 saturated heterocycles. The standard InChI is InChI=1S/C27H37N3O4.C26H33N3O3.C24H35NO5/c1-5-6-7-8-20-9-11-21(12-10-20)23-14-13-22(24(17-23)34-25(31)18(2)3)15-16-30-19(4)28-26(32)29-27(30)33;1-3-5-6-7-20-8-10-21(11-9-20)22-12-13-23(24(18-22)32-25(30)4-2)19-28-14-16-29(17-15-28)26(27)31;1-5-6-7-8-9-10-11-12-20-13-14-21(22(17-20)30-23(27)18(2)3)24(28)29-16-15-25-19(4)26/h13-14,17,20-21H,2,4-12,15-16H2,1,3H3,(H2,28,29,32,33);4,8-13,18H,2-3,5-7,14-17,19H2,1H3,(H2,27,31);13-14,17H,2,5-12,15-16H2,1,3-4H3,(H,25,26). The second-order valence-electron chi connectivity index (χ2n) is 25.2. The Hall–Kier alpha value is -8.84. The first-order valence-corrected chi connectivity index (χ1v) is 34.5. The number of carbonyl (C=O) groups excluding carboxylic acids is 8. The van der Waals surface area contributed by atoms with Crippen molar-refractivity contribution >= 4 is 47.9 Å². The summed E-state index contributed by atoms with van der Waals surface area (Å²) in [6.45, 7) is 29.6. The number of primary amides is 1. The van der Waals surface area contributed by atoms with Gasteiger partial charge in [-0.05, 0) is 141 Å². The molecule has 0 radical (unpaired) electrons. The van der Waals surface area contributed by atoms with Gasteiger partial charge in [-0.2, -0.15) is 0 Å². The van der Waals surface area contributed by atoms with Crippen molar-refractivity contribution in [3.05, 3.63) is 162 Å². The largest absolute Gasteiger partial charge is 0.460 e. The molecule has 5 N–H and O–H groups in total. The summed E-state index contributed by atoms with van der Waals surface area (Å²) in [7, 11) is 0. The highest BCUT2D eigenvalue weighted by molar-refractivity contribution is 5.98. The van der Waals surface area contributed by atoms with Crippen molar-refractivity contribution in [2.45, 2.75) is 189 Å². The fraction of sp³-hybridized carbons (Fsp3) is 0.481. The number of rotatable bonds is 33. The summed E-state index contributed by atoms with van der Waals surface area (Å²) in [5, 5.41) is 7.26. The summed E-state index contributed by atoms with van der Waals surface area (Å²) in [6, 6.07) is 24.4. The second kappa shape index (κ2) is 41.9. The Morgan fingerprint density at radius 2 is 1.20 bits per heavy atom.